The summed E-state index contributed by atoms with van der Waals surface area (Å²) >= 11 is 0. The summed E-state index contributed by atoms with van der Waals surface area (Å²) in [5.74, 6) is 1.90. The third-order valence-corrected chi connectivity index (χ3v) is 7.63. The summed E-state index contributed by atoms with van der Waals surface area (Å²) < 4.78 is 27.9. The molecule has 0 atom stereocenters. The van der Waals surface area contributed by atoms with Gasteiger partial charge in [0, 0.05) is 11.1 Å². The van der Waals surface area contributed by atoms with Crippen molar-refractivity contribution >= 4 is 40.1 Å². The second kappa shape index (κ2) is 13.4. The van der Waals surface area contributed by atoms with Crippen molar-refractivity contribution in [1.29, 1.82) is 0 Å². The molecule has 9 heteroatoms. The Hall–Kier alpha value is -5.83. The number of aromatic nitrogens is 1. The topological polar surface area (TPSA) is 105 Å². The van der Waals surface area contributed by atoms with Crippen LogP contribution < -0.4 is 24.3 Å². The summed E-state index contributed by atoms with van der Waals surface area (Å²) in [4.78, 5) is 31.3. The van der Waals surface area contributed by atoms with E-state index in [1.54, 1.807) is 45.6 Å². The predicted molar refractivity (Wildman–Crippen MR) is 176 cm³/mol. The second-order valence-electron chi connectivity index (χ2n) is 10.5. The van der Waals surface area contributed by atoms with Gasteiger partial charge in [0.25, 0.3) is 5.91 Å². The Bertz CT molecular complexity index is 1910. The van der Waals surface area contributed by atoms with Gasteiger partial charge < -0.3 is 29.0 Å². The van der Waals surface area contributed by atoms with Crippen molar-refractivity contribution in [3.8, 4) is 28.7 Å². The SMILES string of the molecule is COc1cc(/C=C2\CCc3c2nc2ccccc2c3C(=O)OCC(=O)Nc2ccc(Oc3ccccc3)cc2)cc(OC)c1OC. The van der Waals surface area contributed by atoms with Crippen molar-refractivity contribution < 1.29 is 33.3 Å². The lowest BCUT2D eigenvalue weighted by Gasteiger charge is -2.14. The van der Waals surface area contributed by atoms with Crippen molar-refractivity contribution in [1.82, 2.24) is 4.98 Å². The number of anilines is 1. The Morgan fingerprint density at radius 2 is 1.48 bits per heavy atom. The summed E-state index contributed by atoms with van der Waals surface area (Å²) in [6, 6.07) is 27.5. The van der Waals surface area contributed by atoms with Crippen LogP contribution >= 0.6 is 0 Å². The fourth-order valence-electron chi connectivity index (χ4n) is 5.53. The summed E-state index contributed by atoms with van der Waals surface area (Å²) in [6.45, 7) is -0.444. The van der Waals surface area contributed by atoms with Gasteiger partial charge in [-0.05, 0) is 90.2 Å². The first-order valence-electron chi connectivity index (χ1n) is 14.7. The number of pyridine rings is 1. The minimum absolute atomic E-state index is 0.420. The lowest BCUT2D eigenvalue weighted by Crippen LogP contribution is -2.21. The summed E-state index contributed by atoms with van der Waals surface area (Å²) in [7, 11) is 4.70. The Balaban J connectivity index is 1.20. The minimum atomic E-state index is -0.578. The highest BCUT2D eigenvalue weighted by atomic mass is 16.5. The third-order valence-electron chi connectivity index (χ3n) is 7.63. The molecule has 232 valence electrons. The van der Waals surface area contributed by atoms with Crippen molar-refractivity contribution in [3.63, 3.8) is 0 Å². The van der Waals surface area contributed by atoms with Crippen LogP contribution in [0.2, 0.25) is 0 Å². The lowest BCUT2D eigenvalue weighted by atomic mass is 10.0. The fourth-order valence-corrected chi connectivity index (χ4v) is 5.53. The number of para-hydroxylation sites is 2. The van der Waals surface area contributed by atoms with E-state index in [-0.39, 0.29) is 0 Å². The number of rotatable bonds is 10. The fraction of sp³-hybridized carbons (Fsp3) is 0.162. The van der Waals surface area contributed by atoms with Crippen molar-refractivity contribution in [2.24, 2.45) is 0 Å². The van der Waals surface area contributed by atoms with E-state index in [2.05, 4.69) is 5.32 Å². The van der Waals surface area contributed by atoms with E-state index in [4.69, 9.17) is 28.7 Å². The van der Waals surface area contributed by atoms with Gasteiger partial charge in [-0.25, -0.2) is 9.78 Å². The molecule has 0 fully saturated rings. The van der Waals surface area contributed by atoms with Crippen LogP contribution in [0.1, 0.15) is 33.6 Å². The molecule has 0 aliphatic heterocycles. The molecular formula is C37H32N2O7. The van der Waals surface area contributed by atoms with Crippen LogP contribution in [0.3, 0.4) is 0 Å². The number of carbonyl (C=O) groups excluding carboxylic acids is 2. The highest BCUT2D eigenvalue weighted by Crippen LogP contribution is 2.41. The second-order valence-corrected chi connectivity index (χ2v) is 10.5. The van der Waals surface area contributed by atoms with E-state index in [9.17, 15) is 9.59 Å². The van der Waals surface area contributed by atoms with Crippen molar-refractivity contribution in [2.45, 2.75) is 12.8 Å². The maximum atomic E-state index is 13.6. The van der Waals surface area contributed by atoms with Gasteiger partial charge in [0.2, 0.25) is 5.75 Å². The first-order chi connectivity index (χ1) is 22.5. The molecule has 1 N–H and O–H groups in total. The minimum Gasteiger partial charge on any atom is -0.493 e. The van der Waals surface area contributed by atoms with Gasteiger partial charge >= 0.3 is 5.97 Å². The van der Waals surface area contributed by atoms with Gasteiger partial charge in [-0.15, -0.1) is 0 Å². The molecule has 9 nitrogen and oxygen atoms in total. The van der Waals surface area contributed by atoms with E-state index in [1.165, 1.54) is 0 Å². The molecule has 0 unspecified atom stereocenters. The normalized spacial score (nSPS) is 12.8. The van der Waals surface area contributed by atoms with E-state index in [0.717, 1.165) is 22.4 Å². The number of fused-ring (bicyclic) bond motifs is 2. The zero-order valence-electron chi connectivity index (χ0n) is 25.7. The average molecular weight is 617 g/mol. The highest BCUT2D eigenvalue weighted by Gasteiger charge is 2.28. The standard InChI is InChI=1S/C37H32N2O7/c1-42-31-20-23(21-32(43-2)36(31)44-3)19-24-13-18-29-34(28-11-7-8-12-30(28)39-35(24)29)37(41)45-22-33(40)38-25-14-16-27(17-15-25)46-26-9-5-4-6-10-26/h4-12,14-17,19-21H,13,18,22H2,1-3H3,(H,38,40)/b24-19+. The van der Waals surface area contributed by atoms with Gasteiger partial charge in [0.1, 0.15) is 11.5 Å². The molecule has 1 aromatic heterocycles. The van der Waals surface area contributed by atoms with Crippen LogP contribution in [0.4, 0.5) is 5.69 Å². The molecular weight excluding hydrogens is 584 g/mol. The Morgan fingerprint density at radius 3 is 2.17 bits per heavy atom. The number of hydrogen-bond acceptors (Lipinski definition) is 8. The Morgan fingerprint density at radius 1 is 0.804 bits per heavy atom. The number of benzene rings is 4. The van der Waals surface area contributed by atoms with Crippen LogP contribution in [-0.4, -0.2) is 44.8 Å². The molecule has 0 saturated heterocycles. The maximum Gasteiger partial charge on any atom is 0.339 e. The van der Waals surface area contributed by atoms with Gasteiger partial charge in [0.15, 0.2) is 18.1 Å². The number of amides is 1. The number of nitrogens with one attached hydrogen (secondary N) is 1. The van der Waals surface area contributed by atoms with Crippen molar-refractivity contribution in [3.05, 3.63) is 113 Å². The molecule has 0 bridgehead atoms. The zero-order chi connectivity index (χ0) is 32.0. The van der Waals surface area contributed by atoms with Crippen LogP contribution in [0, 0.1) is 0 Å². The van der Waals surface area contributed by atoms with E-state index in [0.29, 0.717) is 63.7 Å². The molecule has 1 amide bonds. The highest BCUT2D eigenvalue weighted by molar-refractivity contribution is 6.08. The van der Waals surface area contributed by atoms with E-state index >= 15 is 0 Å². The number of ether oxygens (including phenoxy) is 5. The average Bonchev–Trinajstić information content (AvgIpc) is 3.48. The number of carbonyl (C=O) groups is 2. The predicted octanol–water partition coefficient (Wildman–Crippen LogP) is 7.34. The first kappa shape index (κ1) is 30.2. The number of nitrogens with zero attached hydrogens (tertiary/aromatic N) is 1. The van der Waals surface area contributed by atoms with Gasteiger partial charge in [-0.3, -0.25) is 4.79 Å². The van der Waals surface area contributed by atoms with Crippen LogP contribution in [0.5, 0.6) is 28.7 Å². The Kier molecular flexibility index (Phi) is 8.82. The third kappa shape index (κ3) is 6.34. The first-order valence-corrected chi connectivity index (χ1v) is 14.7. The molecule has 5 aromatic rings. The largest absolute Gasteiger partial charge is 0.493 e. The Labute approximate surface area is 266 Å². The number of esters is 1. The van der Waals surface area contributed by atoms with Crippen molar-refractivity contribution in [2.75, 3.05) is 33.3 Å². The number of allylic oxidation sites excluding steroid dienone is 1. The van der Waals surface area contributed by atoms with E-state index < -0.39 is 18.5 Å². The lowest BCUT2D eigenvalue weighted by molar-refractivity contribution is -0.119. The van der Waals surface area contributed by atoms with Crippen LogP contribution in [-0.2, 0) is 16.0 Å². The molecule has 46 heavy (non-hydrogen) atoms. The quantitative estimate of drug-likeness (QED) is 0.163. The smallest absolute Gasteiger partial charge is 0.339 e. The van der Waals surface area contributed by atoms with E-state index in [1.807, 2.05) is 72.8 Å². The molecule has 1 aliphatic carbocycles. The summed E-state index contributed by atoms with van der Waals surface area (Å²) in [5, 5.41) is 3.44. The molecule has 1 heterocycles. The molecule has 4 aromatic carbocycles. The number of methoxy groups -OCH3 is 3. The zero-order valence-corrected chi connectivity index (χ0v) is 25.7. The summed E-state index contributed by atoms with van der Waals surface area (Å²) in [5.41, 5.74) is 4.95. The molecule has 1 aliphatic rings. The van der Waals surface area contributed by atoms with Crippen LogP contribution in [0.25, 0.3) is 22.6 Å². The van der Waals surface area contributed by atoms with Crippen LogP contribution in [0.15, 0.2) is 91.0 Å². The molecule has 6 rings (SSSR count). The molecule has 0 radical (unpaired) electrons. The molecule has 0 spiro atoms. The van der Waals surface area contributed by atoms with Gasteiger partial charge in [0.05, 0.1) is 38.1 Å². The van der Waals surface area contributed by atoms with Gasteiger partial charge in [-0.2, -0.15) is 0 Å². The maximum absolute atomic E-state index is 13.6. The molecule has 0 saturated carbocycles. The monoisotopic (exact) mass is 616 g/mol. The number of hydrogen-bond donors (Lipinski definition) is 1. The summed E-state index contributed by atoms with van der Waals surface area (Å²) in [6.07, 6.45) is 3.27. The van der Waals surface area contributed by atoms with Gasteiger partial charge in [-0.1, -0.05) is 36.4 Å².